The molecule has 0 saturated carbocycles. The van der Waals surface area contributed by atoms with Gasteiger partial charge in [-0.3, -0.25) is 4.79 Å². The maximum Gasteiger partial charge on any atom is 0.243 e. The Labute approximate surface area is 195 Å². The van der Waals surface area contributed by atoms with E-state index in [4.69, 9.17) is 4.98 Å². The predicted molar refractivity (Wildman–Crippen MR) is 131 cm³/mol. The number of nitrogens with zero attached hydrogens (tertiary/aromatic N) is 3. The molecule has 0 aliphatic carbocycles. The minimum absolute atomic E-state index is 0.0592. The van der Waals surface area contributed by atoms with Crippen LogP contribution in [0.15, 0.2) is 41.3 Å². The van der Waals surface area contributed by atoms with Crippen LogP contribution in [0, 0.1) is 13.8 Å². The number of hydrogen-bond donors (Lipinski definition) is 1. The molecule has 0 spiro atoms. The van der Waals surface area contributed by atoms with E-state index in [1.54, 1.807) is 16.4 Å². The van der Waals surface area contributed by atoms with Gasteiger partial charge in [0.25, 0.3) is 0 Å². The Bertz CT molecular complexity index is 1270. The van der Waals surface area contributed by atoms with Crippen LogP contribution in [0.3, 0.4) is 0 Å². The maximum atomic E-state index is 13.0. The highest BCUT2D eigenvalue weighted by molar-refractivity contribution is 7.89. The number of carbonyl (C=O) groups is 1. The second-order valence-corrected chi connectivity index (χ2v) is 10.7. The van der Waals surface area contributed by atoms with Crippen molar-refractivity contribution in [1.82, 2.24) is 13.9 Å². The van der Waals surface area contributed by atoms with Crippen molar-refractivity contribution in [3.8, 4) is 0 Å². The smallest absolute Gasteiger partial charge is 0.243 e. The minimum Gasteiger partial charge on any atom is -0.328 e. The van der Waals surface area contributed by atoms with E-state index < -0.39 is 10.0 Å². The average molecular weight is 469 g/mol. The second kappa shape index (κ2) is 9.65. The quantitative estimate of drug-likeness (QED) is 0.530. The first-order chi connectivity index (χ1) is 15.8. The van der Waals surface area contributed by atoms with E-state index in [0.29, 0.717) is 31.4 Å². The molecule has 1 aromatic heterocycles. The summed E-state index contributed by atoms with van der Waals surface area (Å²) in [5.74, 6) is 0.745. The third-order valence-electron chi connectivity index (χ3n) is 6.40. The molecule has 8 heteroatoms. The van der Waals surface area contributed by atoms with Gasteiger partial charge in [-0.2, -0.15) is 4.31 Å². The first-order valence-electron chi connectivity index (χ1n) is 11.7. The third kappa shape index (κ3) is 4.82. The Balaban J connectivity index is 1.55. The number of rotatable bonds is 8. The maximum absolute atomic E-state index is 13.0. The SMILES string of the molecule is CCCn1c(CCC(=O)Nc2cccc(C)c2C)nc2cc(S(=O)(=O)N3CCCC3)ccc21. The van der Waals surface area contributed by atoms with Gasteiger partial charge in [-0.1, -0.05) is 19.1 Å². The minimum atomic E-state index is -3.49. The summed E-state index contributed by atoms with van der Waals surface area (Å²) in [6.07, 6.45) is 3.52. The van der Waals surface area contributed by atoms with Gasteiger partial charge in [0.2, 0.25) is 15.9 Å². The van der Waals surface area contributed by atoms with Crippen LogP contribution >= 0.6 is 0 Å². The molecule has 0 atom stereocenters. The molecule has 1 aliphatic heterocycles. The monoisotopic (exact) mass is 468 g/mol. The molecular formula is C25H32N4O3S. The lowest BCUT2D eigenvalue weighted by Gasteiger charge is -2.15. The molecule has 2 aromatic carbocycles. The highest BCUT2D eigenvalue weighted by Crippen LogP contribution is 2.26. The van der Waals surface area contributed by atoms with Gasteiger partial charge in [-0.05, 0) is 68.5 Å². The Morgan fingerprint density at radius 1 is 1.12 bits per heavy atom. The number of fused-ring (bicyclic) bond motifs is 1. The van der Waals surface area contributed by atoms with Crippen LogP contribution in [0.1, 0.15) is 49.6 Å². The van der Waals surface area contributed by atoms with Gasteiger partial charge in [0.15, 0.2) is 0 Å². The summed E-state index contributed by atoms with van der Waals surface area (Å²) in [5, 5.41) is 3.01. The zero-order valence-corrected chi connectivity index (χ0v) is 20.4. The van der Waals surface area contributed by atoms with Crippen LogP contribution in [0.2, 0.25) is 0 Å². The summed E-state index contributed by atoms with van der Waals surface area (Å²) in [7, 11) is -3.49. The van der Waals surface area contributed by atoms with Gasteiger partial charge in [0, 0.05) is 38.2 Å². The molecule has 7 nitrogen and oxygen atoms in total. The fraction of sp³-hybridized carbons (Fsp3) is 0.440. The van der Waals surface area contributed by atoms with Crippen molar-refractivity contribution in [2.45, 2.75) is 64.3 Å². The van der Waals surface area contributed by atoms with E-state index in [-0.39, 0.29) is 10.8 Å². The van der Waals surface area contributed by atoms with Crippen LogP contribution in [-0.2, 0) is 27.8 Å². The van der Waals surface area contributed by atoms with E-state index in [0.717, 1.165) is 54.0 Å². The Morgan fingerprint density at radius 3 is 2.61 bits per heavy atom. The Kier molecular flexibility index (Phi) is 6.86. The van der Waals surface area contributed by atoms with Gasteiger partial charge in [0.1, 0.15) is 5.82 Å². The Hall–Kier alpha value is -2.71. The number of imidazole rings is 1. The summed E-state index contributed by atoms with van der Waals surface area (Å²) in [4.78, 5) is 17.7. The lowest BCUT2D eigenvalue weighted by atomic mass is 10.1. The van der Waals surface area contributed by atoms with Crippen molar-refractivity contribution in [3.05, 3.63) is 53.3 Å². The largest absolute Gasteiger partial charge is 0.328 e. The Morgan fingerprint density at radius 2 is 1.88 bits per heavy atom. The van der Waals surface area contributed by atoms with E-state index in [1.165, 1.54) is 0 Å². The van der Waals surface area contributed by atoms with E-state index in [1.807, 2.05) is 38.1 Å². The molecule has 1 amide bonds. The van der Waals surface area contributed by atoms with Crippen LogP contribution in [0.5, 0.6) is 0 Å². The number of sulfonamides is 1. The highest BCUT2D eigenvalue weighted by atomic mass is 32.2. The lowest BCUT2D eigenvalue weighted by molar-refractivity contribution is -0.116. The number of nitrogens with one attached hydrogen (secondary N) is 1. The van der Waals surface area contributed by atoms with Crippen molar-refractivity contribution < 1.29 is 13.2 Å². The molecular weight excluding hydrogens is 436 g/mol. The number of amides is 1. The van der Waals surface area contributed by atoms with E-state index in [2.05, 4.69) is 16.8 Å². The zero-order chi connectivity index (χ0) is 23.6. The number of anilines is 1. The summed E-state index contributed by atoms with van der Waals surface area (Å²) in [5.41, 5.74) is 4.60. The molecule has 0 bridgehead atoms. The summed E-state index contributed by atoms with van der Waals surface area (Å²) < 4.78 is 29.6. The fourth-order valence-corrected chi connectivity index (χ4v) is 5.92. The first-order valence-corrected chi connectivity index (χ1v) is 13.1. The highest BCUT2D eigenvalue weighted by Gasteiger charge is 2.28. The topological polar surface area (TPSA) is 84.3 Å². The molecule has 1 saturated heterocycles. The van der Waals surface area contributed by atoms with Crippen molar-refractivity contribution >= 4 is 32.7 Å². The summed E-state index contributed by atoms with van der Waals surface area (Å²) in [6, 6.07) is 11.1. The first kappa shape index (κ1) is 23.4. The molecule has 1 aliphatic rings. The van der Waals surface area contributed by atoms with Crippen molar-refractivity contribution in [2.75, 3.05) is 18.4 Å². The van der Waals surface area contributed by atoms with Gasteiger partial charge in [-0.15, -0.1) is 0 Å². The molecule has 1 fully saturated rings. The second-order valence-electron chi connectivity index (χ2n) is 8.74. The standard InChI is InChI=1S/C25H32N4O3S/c1-4-14-29-23-11-10-20(33(31,32)28-15-5-6-16-28)17-22(23)26-24(29)12-13-25(30)27-21-9-7-8-18(2)19(21)3/h7-11,17H,4-6,12-16H2,1-3H3,(H,27,30). The van der Waals surface area contributed by atoms with Crippen LogP contribution in [0.4, 0.5) is 5.69 Å². The van der Waals surface area contributed by atoms with E-state index in [9.17, 15) is 13.2 Å². The molecule has 0 radical (unpaired) electrons. The van der Waals surface area contributed by atoms with Gasteiger partial charge in [0.05, 0.1) is 15.9 Å². The van der Waals surface area contributed by atoms with Crippen molar-refractivity contribution in [2.24, 2.45) is 0 Å². The number of benzene rings is 2. The van der Waals surface area contributed by atoms with Gasteiger partial charge in [-0.25, -0.2) is 13.4 Å². The number of hydrogen-bond acceptors (Lipinski definition) is 4. The summed E-state index contributed by atoms with van der Waals surface area (Å²) >= 11 is 0. The number of carbonyl (C=O) groups excluding carboxylic acids is 1. The summed E-state index contributed by atoms with van der Waals surface area (Å²) in [6.45, 7) is 8.03. The zero-order valence-electron chi connectivity index (χ0n) is 19.6. The molecule has 2 heterocycles. The third-order valence-corrected chi connectivity index (χ3v) is 8.30. The van der Waals surface area contributed by atoms with Gasteiger partial charge >= 0.3 is 0 Å². The van der Waals surface area contributed by atoms with Crippen molar-refractivity contribution in [3.63, 3.8) is 0 Å². The molecule has 33 heavy (non-hydrogen) atoms. The predicted octanol–water partition coefficient (Wildman–Crippen LogP) is 4.42. The lowest BCUT2D eigenvalue weighted by Crippen LogP contribution is -2.27. The average Bonchev–Trinajstić information content (AvgIpc) is 3.45. The number of aromatic nitrogens is 2. The molecule has 4 rings (SSSR count). The molecule has 1 N–H and O–H groups in total. The van der Waals surface area contributed by atoms with Crippen LogP contribution in [-0.4, -0.2) is 41.3 Å². The van der Waals surface area contributed by atoms with Crippen LogP contribution in [0.25, 0.3) is 11.0 Å². The van der Waals surface area contributed by atoms with Crippen molar-refractivity contribution in [1.29, 1.82) is 0 Å². The fourth-order valence-electron chi connectivity index (χ4n) is 4.39. The molecule has 3 aromatic rings. The number of aryl methyl sites for hydroxylation is 3. The van der Waals surface area contributed by atoms with Gasteiger partial charge < -0.3 is 9.88 Å². The van der Waals surface area contributed by atoms with Crippen LogP contribution < -0.4 is 5.32 Å². The molecule has 176 valence electrons. The normalized spacial score (nSPS) is 14.8. The van der Waals surface area contributed by atoms with E-state index >= 15 is 0 Å². The molecule has 0 unspecified atom stereocenters.